The summed E-state index contributed by atoms with van der Waals surface area (Å²) in [6.07, 6.45) is 11.2. The molecular weight excluding hydrogens is 584 g/mol. The molecule has 0 bridgehead atoms. The first kappa shape index (κ1) is 27.6. The van der Waals surface area contributed by atoms with E-state index in [-0.39, 0.29) is 0 Å². The zero-order valence-corrected chi connectivity index (χ0v) is 31.1. The van der Waals surface area contributed by atoms with Gasteiger partial charge < -0.3 is 0 Å². The Hall–Kier alpha value is -0.546. The summed E-state index contributed by atoms with van der Waals surface area (Å²) in [5.41, 5.74) is 14.3. The molecule has 4 aliphatic carbocycles. The van der Waals surface area contributed by atoms with E-state index < -0.39 is 32.6 Å². The summed E-state index contributed by atoms with van der Waals surface area (Å²) in [5.74, 6) is -0.987. The zero-order chi connectivity index (χ0) is 27.1. The number of benzene rings is 2. The molecule has 0 nitrogen and oxygen atoms in total. The second kappa shape index (κ2) is 9.23. The minimum absolute atomic E-state index is 0.984. The van der Waals surface area contributed by atoms with Crippen molar-refractivity contribution in [2.24, 2.45) is 0 Å². The van der Waals surface area contributed by atoms with Gasteiger partial charge in [0.15, 0.2) is 0 Å². The Kier molecular flexibility index (Phi) is 6.71. The van der Waals surface area contributed by atoms with Crippen molar-refractivity contribution in [3.05, 3.63) is 81.9 Å². The van der Waals surface area contributed by atoms with Crippen molar-refractivity contribution in [2.75, 3.05) is 0 Å². The first-order chi connectivity index (χ1) is 17.9. The van der Waals surface area contributed by atoms with E-state index in [1.807, 2.05) is 22.3 Å². The van der Waals surface area contributed by atoms with Crippen molar-refractivity contribution >= 4 is 27.5 Å². The fourth-order valence-electron chi connectivity index (χ4n) is 12.8. The summed E-state index contributed by atoms with van der Waals surface area (Å²) in [4.78, 5) is 0. The van der Waals surface area contributed by atoms with Gasteiger partial charge in [-0.1, -0.05) is 0 Å². The van der Waals surface area contributed by atoms with Crippen LogP contribution < -0.4 is 0 Å². The van der Waals surface area contributed by atoms with Gasteiger partial charge in [-0.05, 0) is 0 Å². The number of rotatable bonds is 5. The van der Waals surface area contributed by atoms with Crippen LogP contribution in [0.3, 0.4) is 0 Å². The monoisotopic (exact) mass is 633 g/mol. The van der Waals surface area contributed by atoms with Gasteiger partial charge >= 0.3 is 237 Å². The summed E-state index contributed by atoms with van der Waals surface area (Å²) < 4.78 is 1.97. The molecule has 2 atom stereocenters. The van der Waals surface area contributed by atoms with Crippen LogP contribution in [-0.4, -0.2) is 16.3 Å². The molecule has 2 aromatic carbocycles. The Balaban J connectivity index is 1.68. The van der Waals surface area contributed by atoms with Gasteiger partial charge in [0.05, 0.1) is 0 Å². The molecule has 0 amide bonds. The molecule has 0 aromatic heterocycles. The Morgan fingerprint density at radius 3 is 1.39 bits per heavy atom. The maximum absolute atomic E-state index is 3.61. The Morgan fingerprint density at radius 2 is 1.03 bits per heavy atom. The summed E-state index contributed by atoms with van der Waals surface area (Å²) in [6, 6.07) is 19.1. The van der Waals surface area contributed by atoms with Crippen molar-refractivity contribution in [2.45, 2.75) is 111 Å². The number of fused-ring (bicyclic) bond motifs is 4. The van der Waals surface area contributed by atoms with Crippen LogP contribution >= 0.6 is 0 Å². The summed E-state index contributed by atoms with van der Waals surface area (Å²) in [6.45, 7) is 23.5. The molecular formula is C34H51Si3Zr. The Labute approximate surface area is 235 Å². The van der Waals surface area contributed by atoms with Gasteiger partial charge in [-0.15, -0.1) is 0 Å². The summed E-state index contributed by atoms with van der Waals surface area (Å²) >= 11 is -3.61. The Bertz CT molecular complexity index is 1250. The van der Waals surface area contributed by atoms with E-state index in [2.05, 4.69) is 101 Å². The molecule has 203 valence electrons. The fourth-order valence-corrected chi connectivity index (χ4v) is 233. The van der Waals surface area contributed by atoms with Gasteiger partial charge in [-0.25, -0.2) is 0 Å². The summed E-state index contributed by atoms with van der Waals surface area (Å²) in [5, 5.41) is -3.04. The molecule has 0 saturated heterocycles. The fraction of sp³-hybridized carbons (Fsp3) is 0.529. The Morgan fingerprint density at radius 1 is 0.632 bits per heavy atom. The second-order valence-corrected chi connectivity index (χ2v) is 98.8. The standard InChI is InChI=1S/2C13H13.2C3H9Si.C2H7Si.Zr/c2*1-3-7-12-10(5-1)9-11-6-2-4-8-13(11)12;2*1-4(2)3;1-3-2;/h2*1,3,5-7H,2,4,8-9H2;2*1-3H3;3H,1-2H3;. The third kappa shape index (κ3) is 3.27. The number of hydrogen-bond acceptors (Lipinski definition) is 0. The van der Waals surface area contributed by atoms with Gasteiger partial charge in [0.25, 0.3) is 0 Å². The van der Waals surface area contributed by atoms with Gasteiger partial charge in [0, 0.05) is 0 Å². The van der Waals surface area contributed by atoms with Crippen LogP contribution in [0.1, 0.15) is 60.8 Å². The molecule has 0 heterocycles. The van der Waals surface area contributed by atoms with Crippen LogP contribution in [0.4, 0.5) is 0 Å². The topological polar surface area (TPSA) is 0 Å². The molecule has 0 fully saturated rings. The molecule has 2 aromatic rings. The van der Waals surface area contributed by atoms with Crippen molar-refractivity contribution < 1.29 is 16.3 Å². The van der Waals surface area contributed by atoms with Crippen molar-refractivity contribution in [3.63, 3.8) is 0 Å². The van der Waals surface area contributed by atoms with Crippen LogP contribution in [0.5, 0.6) is 0 Å². The van der Waals surface area contributed by atoms with Crippen molar-refractivity contribution in [1.82, 2.24) is 0 Å². The molecule has 0 radical (unpaired) electrons. The number of allylic oxidation sites excluding steroid dienone is 4. The third-order valence-electron chi connectivity index (χ3n) is 13.0. The van der Waals surface area contributed by atoms with E-state index in [0.717, 1.165) is 7.25 Å². The van der Waals surface area contributed by atoms with E-state index in [0.29, 0.717) is 0 Å². The third-order valence-corrected chi connectivity index (χ3v) is 191. The van der Waals surface area contributed by atoms with Gasteiger partial charge in [-0.2, -0.15) is 0 Å². The van der Waals surface area contributed by atoms with Crippen molar-refractivity contribution in [1.29, 1.82) is 0 Å². The predicted octanol–water partition coefficient (Wildman–Crippen LogP) is 10.3. The first-order valence-electron chi connectivity index (χ1n) is 15.7. The molecule has 0 saturated carbocycles. The average Bonchev–Trinajstić information content (AvgIpc) is 3.42. The SMILES string of the molecule is C[SiH](C)[Zr]([CH]1CCCC2=C1Cc1ccccc12)([CH]1CCCC2=C1Cc1ccccc12)([Si](C)(C)C)[Si](C)(C)C. The van der Waals surface area contributed by atoms with Crippen LogP contribution in [-0.2, 0) is 29.1 Å². The molecule has 2 unspecified atom stereocenters. The van der Waals surface area contributed by atoms with Crippen LogP contribution in [0.2, 0.25) is 59.6 Å². The second-order valence-electron chi connectivity index (χ2n) is 15.7. The quantitative estimate of drug-likeness (QED) is 0.287. The number of hydrogen-bond donors (Lipinski definition) is 0. The van der Waals surface area contributed by atoms with Crippen LogP contribution in [0.15, 0.2) is 59.7 Å². The molecule has 0 aliphatic heterocycles. The normalized spacial score (nSPS) is 24.6. The van der Waals surface area contributed by atoms with E-state index in [1.54, 1.807) is 22.3 Å². The van der Waals surface area contributed by atoms with Gasteiger partial charge in [-0.3, -0.25) is 0 Å². The van der Waals surface area contributed by atoms with Crippen molar-refractivity contribution in [3.8, 4) is 0 Å². The average molecular weight is 635 g/mol. The van der Waals surface area contributed by atoms with Gasteiger partial charge in [0.1, 0.15) is 0 Å². The van der Waals surface area contributed by atoms with Crippen LogP contribution in [0, 0.1) is 0 Å². The first-order valence-corrected chi connectivity index (χ1v) is 40.0. The molecule has 0 N–H and O–H groups in total. The summed E-state index contributed by atoms with van der Waals surface area (Å²) in [7, 11) is 0. The maximum atomic E-state index is 2.94. The molecule has 6 rings (SSSR count). The zero-order valence-electron chi connectivity index (χ0n) is 25.5. The minimum atomic E-state index is -3.61. The van der Waals surface area contributed by atoms with E-state index in [9.17, 15) is 0 Å². The molecule has 4 heteroatoms. The van der Waals surface area contributed by atoms with E-state index in [4.69, 9.17) is 0 Å². The molecule has 38 heavy (non-hydrogen) atoms. The van der Waals surface area contributed by atoms with E-state index >= 15 is 0 Å². The molecule has 0 spiro atoms. The van der Waals surface area contributed by atoms with E-state index in [1.165, 1.54) is 51.4 Å². The van der Waals surface area contributed by atoms with Crippen LogP contribution in [0.25, 0.3) is 11.1 Å². The van der Waals surface area contributed by atoms with Gasteiger partial charge in [0.2, 0.25) is 0 Å². The molecule has 4 aliphatic rings. The predicted molar refractivity (Wildman–Crippen MR) is 175 cm³/mol.